The third-order valence-electron chi connectivity index (χ3n) is 2.96. The molecule has 0 amide bonds. The Kier molecular flexibility index (Phi) is 3.50. The molecule has 0 saturated heterocycles. The fourth-order valence-electron chi connectivity index (χ4n) is 2.57. The maximum Gasteiger partial charge on any atom is 0.181 e. The Hall–Kier alpha value is -0.890. The van der Waals surface area contributed by atoms with Crippen LogP contribution >= 0.6 is 0 Å². The third kappa shape index (κ3) is 2.57. The van der Waals surface area contributed by atoms with Crippen molar-refractivity contribution in [2.45, 2.75) is 46.6 Å². The van der Waals surface area contributed by atoms with Gasteiger partial charge in [0.15, 0.2) is 5.78 Å². The van der Waals surface area contributed by atoms with Crippen molar-refractivity contribution in [3.05, 3.63) is 23.3 Å². The van der Waals surface area contributed by atoms with E-state index in [0.717, 1.165) is 11.1 Å². The molecule has 1 N–H and O–H groups in total. The fraction of sp³-hybridized carbons (Fsp3) is 0.615. The summed E-state index contributed by atoms with van der Waals surface area (Å²) in [4.78, 5) is 11.9. The van der Waals surface area contributed by atoms with E-state index in [1.807, 2.05) is 27.7 Å². The van der Waals surface area contributed by atoms with E-state index in [2.05, 4.69) is 0 Å². The van der Waals surface area contributed by atoms with Crippen LogP contribution in [0.15, 0.2) is 23.3 Å². The zero-order chi connectivity index (χ0) is 11.6. The molecule has 1 aliphatic carbocycles. The number of ketones is 1. The number of carbonyl (C=O) groups is 1. The van der Waals surface area contributed by atoms with Crippen LogP contribution in [0.1, 0.15) is 40.5 Å². The Bertz CT molecular complexity index is 321. The molecule has 0 aliphatic heterocycles. The second kappa shape index (κ2) is 4.31. The van der Waals surface area contributed by atoms with Crippen molar-refractivity contribution in [3.63, 3.8) is 0 Å². The predicted molar refractivity (Wildman–Crippen MR) is 61.5 cm³/mol. The van der Waals surface area contributed by atoms with E-state index >= 15 is 0 Å². The Labute approximate surface area is 91.7 Å². The third-order valence-corrected chi connectivity index (χ3v) is 2.96. The first-order valence-electron chi connectivity index (χ1n) is 5.44. The number of hydrogen-bond donors (Lipinski definition) is 1. The first kappa shape index (κ1) is 12.2. The van der Waals surface area contributed by atoms with Gasteiger partial charge in [-0.05, 0) is 38.2 Å². The summed E-state index contributed by atoms with van der Waals surface area (Å²) in [5.41, 5.74) is 1.70. The molecule has 0 heterocycles. The van der Waals surface area contributed by atoms with E-state index in [1.165, 1.54) is 0 Å². The molecule has 0 fully saturated rings. The van der Waals surface area contributed by atoms with Gasteiger partial charge in [-0.1, -0.05) is 25.5 Å². The van der Waals surface area contributed by atoms with Crippen LogP contribution in [-0.2, 0) is 4.79 Å². The molecule has 84 valence electrons. The van der Waals surface area contributed by atoms with Gasteiger partial charge in [0.1, 0.15) is 0 Å². The monoisotopic (exact) mass is 208 g/mol. The van der Waals surface area contributed by atoms with Gasteiger partial charge in [0, 0.05) is 5.57 Å². The smallest absolute Gasteiger partial charge is 0.181 e. The number of aliphatic hydroxyl groups excluding tert-OH is 1. The summed E-state index contributed by atoms with van der Waals surface area (Å²) in [5.74, 6) is 0.0897. The van der Waals surface area contributed by atoms with Crippen LogP contribution in [0.25, 0.3) is 0 Å². The minimum atomic E-state index is -0.304. The summed E-state index contributed by atoms with van der Waals surface area (Å²) >= 11 is 0. The summed E-state index contributed by atoms with van der Waals surface area (Å²) in [6.45, 7) is 7.84. The number of carbonyl (C=O) groups excluding carboxylic acids is 1. The Morgan fingerprint density at radius 3 is 2.60 bits per heavy atom. The van der Waals surface area contributed by atoms with Gasteiger partial charge in [-0.15, -0.1) is 0 Å². The van der Waals surface area contributed by atoms with Crippen molar-refractivity contribution in [1.82, 2.24) is 0 Å². The first-order valence-corrected chi connectivity index (χ1v) is 5.44. The summed E-state index contributed by atoms with van der Waals surface area (Å²) in [6.07, 6.45) is 4.37. The second-order valence-corrected chi connectivity index (χ2v) is 4.97. The van der Waals surface area contributed by atoms with E-state index in [0.29, 0.717) is 12.8 Å². The van der Waals surface area contributed by atoms with Crippen molar-refractivity contribution in [3.8, 4) is 0 Å². The first-order chi connectivity index (χ1) is 6.88. The minimum absolute atomic E-state index is 0.0897. The highest BCUT2D eigenvalue weighted by molar-refractivity contribution is 6.05. The zero-order valence-electron chi connectivity index (χ0n) is 10.0. The van der Waals surface area contributed by atoms with Gasteiger partial charge in [-0.2, -0.15) is 0 Å². The molecule has 2 nitrogen and oxygen atoms in total. The van der Waals surface area contributed by atoms with Crippen molar-refractivity contribution in [2.75, 3.05) is 0 Å². The van der Waals surface area contributed by atoms with Gasteiger partial charge in [0.05, 0.1) is 6.10 Å². The van der Waals surface area contributed by atoms with E-state index in [9.17, 15) is 9.90 Å². The number of rotatable bonds is 2. The average Bonchev–Trinajstić information content (AvgIpc) is 1.99. The quantitative estimate of drug-likeness (QED) is 0.708. The molecule has 2 heteroatoms. The van der Waals surface area contributed by atoms with Crippen LogP contribution in [0.2, 0.25) is 0 Å². The molecule has 1 aliphatic rings. The largest absolute Gasteiger partial charge is 0.393 e. The molecular formula is C13H20O2. The van der Waals surface area contributed by atoms with Crippen LogP contribution < -0.4 is 0 Å². The highest BCUT2D eigenvalue weighted by Gasteiger charge is 2.35. The molecule has 1 rings (SSSR count). The molecule has 0 spiro atoms. The molecule has 0 bridgehead atoms. The molecule has 0 aromatic rings. The van der Waals surface area contributed by atoms with Gasteiger partial charge in [-0.3, -0.25) is 4.79 Å². The number of hydrogen-bond acceptors (Lipinski definition) is 2. The zero-order valence-corrected chi connectivity index (χ0v) is 10.0. The van der Waals surface area contributed by atoms with Gasteiger partial charge < -0.3 is 5.11 Å². The predicted octanol–water partition coefficient (Wildman–Crippen LogP) is 2.63. The van der Waals surface area contributed by atoms with Crippen LogP contribution in [-0.4, -0.2) is 17.0 Å². The highest BCUT2D eigenvalue weighted by Crippen LogP contribution is 2.40. The lowest BCUT2D eigenvalue weighted by Crippen LogP contribution is -2.32. The van der Waals surface area contributed by atoms with Gasteiger partial charge in [0.25, 0.3) is 0 Å². The Morgan fingerprint density at radius 1 is 1.53 bits per heavy atom. The molecule has 0 saturated carbocycles. The molecule has 1 atom stereocenters. The van der Waals surface area contributed by atoms with E-state index < -0.39 is 0 Å². The Balaban J connectivity index is 3.11. The van der Waals surface area contributed by atoms with Crippen LogP contribution in [0, 0.1) is 5.41 Å². The normalized spacial score (nSPS) is 26.1. The van der Waals surface area contributed by atoms with Gasteiger partial charge in [0.2, 0.25) is 0 Å². The van der Waals surface area contributed by atoms with Crippen molar-refractivity contribution in [2.24, 2.45) is 5.41 Å². The lowest BCUT2D eigenvalue weighted by molar-refractivity contribution is -0.112. The summed E-state index contributed by atoms with van der Waals surface area (Å²) in [7, 11) is 0. The maximum absolute atomic E-state index is 11.9. The fourth-order valence-corrected chi connectivity index (χ4v) is 2.57. The molecule has 0 aromatic heterocycles. The summed E-state index contributed by atoms with van der Waals surface area (Å²) in [5, 5.41) is 9.68. The van der Waals surface area contributed by atoms with E-state index in [1.54, 1.807) is 12.2 Å². The molecule has 15 heavy (non-hydrogen) atoms. The lowest BCUT2D eigenvalue weighted by Gasteiger charge is -2.35. The van der Waals surface area contributed by atoms with E-state index in [-0.39, 0.29) is 17.3 Å². The maximum atomic E-state index is 11.9. The molecular weight excluding hydrogens is 188 g/mol. The number of allylic oxidation sites excluding steroid dienone is 3. The second-order valence-electron chi connectivity index (χ2n) is 4.97. The minimum Gasteiger partial charge on any atom is -0.393 e. The SMILES string of the molecule is C/C=C/C(=O)C1=C(C)C[C@H](O)CC1(C)C. The van der Waals surface area contributed by atoms with Crippen LogP contribution in [0.4, 0.5) is 0 Å². The standard InChI is InChI=1S/C13H20O2/c1-5-6-11(15)12-9(2)7-10(14)8-13(12,3)4/h5-6,10,14H,7-8H2,1-4H3/b6-5+/t10-/m0/s1. The molecule has 0 radical (unpaired) electrons. The summed E-state index contributed by atoms with van der Waals surface area (Å²) < 4.78 is 0. The van der Waals surface area contributed by atoms with Gasteiger partial charge in [-0.25, -0.2) is 0 Å². The number of aliphatic hydroxyl groups is 1. The topological polar surface area (TPSA) is 37.3 Å². The molecule has 0 unspecified atom stereocenters. The summed E-state index contributed by atoms with van der Waals surface area (Å²) in [6, 6.07) is 0. The van der Waals surface area contributed by atoms with Crippen LogP contribution in [0.5, 0.6) is 0 Å². The van der Waals surface area contributed by atoms with Crippen molar-refractivity contribution >= 4 is 5.78 Å². The van der Waals surface area contributed by atoms with Crippen LogP contribution in [0.3, 0.4) is 0 Å². The molecule has 0 aromatic carbocycles. The Morgan fingerprint density at radius 2 is 2.13 bits per heavy atom. The van der Waals surface area contributed by atoms with Crippen molar-refractivity contribution < 1.29 is 9.90 Å². The lowest BCUT2D eigenvalue weighted by atomic mass is 9.70. The average molecular weight is 208 g/mol. The van der Waals surface area contributed by atoms with Gasteiger partial charge >= 0.3 is 0 Å². The van der Waals surface area contributed by atoms with E-state index in [4.69, 9.17) is 0 Å². The highest BCUT2D eigenvalue weighted by atomic mass is 16.3. The van der Waals surface area contributed by atoms with Crippen molar-refractivity contribution in [1.29, 1.82) is 0 Å².